The standard InChI is InChI=1S/C18H24N.HI/c1-19(2)17-14-8-13-9-15(17)12-18(10-13,11-14)16-6-4-3-5-7-16;/h3-7,13-15H,8-12H2,1-2H3;1H/q+1;/p-1/t13?,14-,15+,18?;. The smallest absolute Gasteiger partial charge is 0.158 e. The summed E-state index contributed by atoms with van der Waals surface area (Å²) in [6.45, 7) is 0. The Hall–Kier alpha value is -0.380. The first-order chi connectivity index (χ1) is 9.18. The highest BCUT2D eigenvalue weighted by molar-refractivity contribution is 5.87. The maximum atomic E-state index is 2.44. The summed E-state index contributed by atoms with van der Waals surface area (Å²) in [5.74, 6) is 2.71. The van der Waals surface area contributed by atoms with Crippen LogP contribution in [0.1, 0.15) is 37.7 Å². The molecule has 2 heteroatoms. The van der Waals surface area contributed by atoms with E-state index in [-0.39, 0.29) is 24.0 Å². The maximum Gasteiger partial charge on any atom is 0.158 e. The van der Waals surface area contributed by atoms with Gasteiger partial charge in [-0.25, -0.2) is 4.58 Å². The lowest BCUT2D eigenvalue weighted by atomic mass is 9.47. The quantitative estimate of drug-likeness (QED) is 0.492. The zero-order valence-corrected chi connectivity index (χ0v) is 14.6. The first kappa shape index (κ1) is 14.6. The first-order valence-corrected chi connectivity index (χ1v) is 7.77. The molecular weight excluding hydrogens is 357 g/mol. The molecule has 4 fully saturated rings. The number of rotatable bonds is 1. The van der Waals surface area contributed by atoms with Crippen molar-refractivity contribution in [1.29, 1.82) is 0 Å². The van der Waals surface area contributed by atoms with Crippen LogP contribution < -0.4 is 24.0 Å². The molecule has 2 unspecified atom stereocenters. The number of nitrogens with zero attached hydrogens (tertiary/aromatic N) is 1. The van der Waals surface area contributed by atoms with Crippen LogP contribution >= 0.6 is 0 Å². The maximum absolute atomic E-state index is 2.44. The van der Waals surface area contributed by atoms with Crippen molar-refractivity contribution in [3.05, 3.63) is 35.9 Å². The predicted octanol–water partition coefficient (Wildman–Crippen LogP) is 0.481. The molecule has 1 nitrogen and oxygen atoms in total. The molecule has 1 aromatic rings. The van der Waals surface area contributed by atoms with Gasteiger partial charge in [0.25, 0.3) is 0 Å². The van der Waals surface area contributed by atoms with Gasteiger partial charge in [0.1, 0.15) is 14.1 Å². The van der Waals surface area contributed by atoms with E-state index >= 15 is 0 Å². The van der Waals surface area contributed by atoms with Crippen LogP contribution in [0, 0.1) is 17.8 Å². The summed E-state index contributed by atoms with van der Waals surface area (Å²) in [6.07, 6.45) is 7.16. The zero-order chi connectivity index (χ0) is 13.0. The fourth-order valence-corrected chi connectivity index (χ4v) is 5.64. The Morgan fingerprint density at radius 2 is 1.55 bits per heavy atom. The third kappa shape index (κ3) is 2.06. The van der Waals surface area contributed by atoms with Crippen molar-refractivity contribution in [3.63, 3.8) is 0 Å². The summed E-state index contributed by atoms with van der Waals surface area (Å²) in [7, 11) is 4.51. The molecule has 0 aromatic heterocycles. The van der Waals surface area contributed by atoms with Gasteiger partial charge in [-0.05, 0) is 49.0 Å². The Kier molecular flexibility index (Phi) is 3.72. The van der Waals surface area contributed by atoms with Gasteiger partial charge in [0.2, 0.25) is 0 Å². The Morgan fingerprint density at radius 1 is 0.950 bits per heavy atom. The van der Waals surface area contributed by atoms with Crippen molar-refractivity contribution in [2.75, 3.05) is 14.1 Å². The Labute approximate surface area is 139 Å². The van der Waals surface area contributed by atoms with E-state index in [4.69, 9.17) is 0 Å². The van der Waals surface area contributed by atoms with E-state index in [9.17, 15) is 0 Å². The molecule has 4 bridgehead atoms. The van der Waals surface area contributed by atoms with Crippen LogP contribution in [0.2, 0.25) is 0 Å². The van der Waals surface area contributed by atoms with E-state index in [2.05, 4.69) is 49.0 Å². The van der Waals surface area contributed by atoms with Crippen molar-refractivity contribution in [1.82, 2.24) is 0 Å². The van der Waals surface area contributed by atoms with Crippen LogP contribution in [0.5, 0.6) is 0 Å². The number of hydrogen-bond acceptors (Lipinski definition) is 0. The molecule has 4 aliphatic rings. The fraction of sp³-hybridized carbons (Fsp3) is 0.611. The molecule has 1 aromatic carbocycles. The SMILES string of the molecule is C[N+](C)=C1[C@@H]2CC3C[C@H]1CC(c1ccccc1)(C3)C2.[I-]. The zero-order valence-electron chi connectivity index (χ0n) is 12.5. The van der Waals surface area contributed by atoms with Crippen molar-refractivity contribution < 1.29 is 28.6 Å². The van der Waals surface area contributed by atoms with Gasteiger partial charge in [-0.15, -0.1) is 0 Å². The highest BCUT2D eigenvalue weighted by Crippen LogP contribution is 2.59. The van der Waals surface area contributed by atoms with Crippen molar-refractivity contribution >= 4 is 5.71 Å². The summed E-state index contributed by atoms with van der Waals surface area (Å²) in [4.78, 5) is 0. The third-order valence-electron chi connectivity index (χ3n) is 5.93. The second-order valence-electron chi connectivity index (χ2n) is 7.31. The molecule has 5 rings (SSSR count). The molecule has 0 spiro atoms. The van der Waals surface area contributed by atoms with Gasteiger partial charge in [0.05, 0.1) is 0 Å². The summed E-state index contributed by atoms with van der Waals surface area (Å²) in [5, 5.41) is 0. The highest BCUT2D eigenvalue weighted by atomic mass is 127. The molecule has 4 aliphatic carbocycles. The molecule has 0 radical (unpaired) electrons. The van der Waals surface area contributed by atoms with Crippen LogP contribution in [0.25, 0.3) is 0 Å². The van der Waals surface area contributed by atoms with Gasteiger partial charge >= 0.3 is 0 Å². The topological polar surface area (TPSA) is 3.01 Å². The normalized spacial score (nSPS) is 37.7. The summed E-state index contributed by atoms with van der Waals surface area (Å²) in [6, 6.07) is 11.4. The van der Waals surface area contributed by atoms with Crippen LogP contribution in [-0.4, -0.2) is 24.4 Å². The summed E-state index contributed by atoms with van der Waals surface area (Å²) in [5.41, 5.74) is 3.90. The Bertz CT molecular complexity index is 512. The van der Waals surface area contributed by atoms with E-state index in [1.54, 1.807) is 11.3 Å². The van der Waals surface area contributed by atoms with Gasteiger partial charge in [-0.3, -0.25) is 0 Å². The molecule has 20 heavy (non-hydrogen) atoms. The highest BCUT2D eigenvalue weighted by Gasteiger charge is 2.56. The molecule has 0 aliphatic heterocycles. The molecule has 4 atom stereocenters. The van der Waals surface area contributed by atoms with E-state index in [0.717, 1.165) is 17.8 Å². The van der Waals surface area contributed by atoms with Crippen LogP contribution in [0.15, 0.2) is 30.3 Å². The van der Waals surface area contributed by atoms with E-state index in [0.29, 0.717) is 5.41 Å². The molecule has 0 saturated heterocycles. The summed E-state index contributed by atoms with van der Waals surface area (Å²) >= 11 is 0. The van der Waals surface area contributed by atoms with Crippen molar-refractivity contribution in [2.24, 2.45) is 17.8 Å². The average Bonchev–Trinajstić information content (AvgIpc) is 2.38. The average molecular weight is 381 g/mol. The minimum absolute atomic E-state index is 0. The predicted molar refractivity (Wildman–Crippen MR) is 78.8 cm³/mol. The Morgan fingerprint density at radius 3 is 2.10 bits per heavy atom. The molecule has 108 valence electrons. The monoisotopic (exact) mass is 381 g/mol. The second-order valence-corrected chi connectivity index (χ2v) is 7.31. The molecule has 0 heterocycles. The minimum atomic E-state index is 0. The van der Waals surface area contributed by atoms with Gasteiger partial charge in [-0.1, -0.05) is 30.3 Å². The lowest BCUT2D eigenvalue weighted by Crippen LogP contribution is -3.00. The third-order valence-corrected chi connectivity index (χ3v) is 5.93. The van der Waals surface area contributed by atoms with Gasteiger partial charge in [0.15, 0.2) is 5.71 Å². The van der Waals surface area contributed by atoms with Crippen LogP contribution in [0.3, 0.4) is 0 Å². The lowest BCUT2D eigenvalue weighted by Gasteiger charge is -2.56. The summed E-state index contributed by atoms with van der Waals surface area (Å²) < 4.78 is 2.44. The molecule has 4 saturated carbocycles. The molecule has 0 amide bonds. The molecular formula is C18H24IN. The van der Waals surface area contributed by atoms with E-state index < -0.39 is 0 Å². The first-order valence-electron chi connectivity index (χ1n) is 7.77. The van der Waals surface area contributed by atoms with Gasteiger partial charge in [0, 0.05) is 11.8 Å². The molecule has 0 N–H and O–H groups in total. The van der Waals surface area contributed by atoms with Crippen molar-refractivity contribution in [2.45, 2.75) is 37.5 Å². The minimum Gasteiger partial charge on any atom is -1.00 e. The number of hydrogen-bond donors (Lipinski definition) is 0. The van der Waals surface area contributed by atoms with Crippen molar-refractivity contribution in [3.8, 4) is 0 Å². The number of halogens is 1. The van der Waals surface area contributed by atoms with Gasteiger partial charge < -0.3 is 24.0 Å². The second kappa shape index (κ2) is 5.11. The van der Waals surface area contributed by atoms with E-state index in [1.807, 2.05) is 0 Å². The fourth-order valence-electron chi connectivity index (χ4n) is 5.64. The van der Waals surface area contributed by atoms with Crippen LogP contribution in [-0.2, 0) is 5.41 Å². The Balaban J connectivity index is 0.00000121. The van der Waals surface area contributed by atoms with Gasteiger partial charge in [-0.2, -0.15) is 0 Å². The lowest BCUT2D eigenvalue weighted by molar-refractivity contribution is -0.472. The largest absolute Gasteiger partial charge is 1.00 e. The van der Waals surface area contributed by atoms with Crippen LogP contribution in [0.4, 0.5) is 0 Å². The number of benzene rings is 1. The van der Waals surface area contributed by atoms with E-state index in [1.165, 1.54) is 32.1 Å².